The van der Waals surface area contributed by atoms with E-state index in [2.05, 4.69) is 62.3 Å². The molecule has 0 bridgehead atoms. The van der Waals surface area contributed by atoms with Gasteiger partial charge in [0.25, 0.3) is 0 Å². The smallest absolute Gasteiger partial charge is 0.0381 e. The molecule has 1 saturated carbocycles. The molecule has 4 unspecified atom stereocenters. The summed E-state index contributed by atoms with van der Waals surface area (Å²) in [4.78, 5) is 0. The van der Waals surface area contributed by atoms with Crippen LogP contribution in [0.5, 0.6) is 0 Å². The van der Waals surface area contributed by atoms with Crippen LogP contribution in [0.15, 0.2) is 0 Å². The van der Waals surface area contributed by atoms with Crippen molar-refractivity contribution in [3.63, 3.8) is 0 Å². The lowest BCUT2D eigenvalue weighted by Gasteiger charge is -2.43. The highest BCUT2D eigenvalue weighted by Gasteiger charge is 2.36. The zero-order valence-corrected chi connectivity index (χ0v) is 21.3. The molecule has 0 aromatic carbocycles. The third-order valence-corrected chi connectivity index (χ3v) is 9.03. The van der Waals surface area contributed by atoms with Crippen molar-refractivity contribution < 1.29 is 0 Å². The number of hydrogen-bond acceptors (Lipinski definition) is 0. The van der Waals surface area contributed by atoms with Crippen LogP contribution in [0.2, 0.25) is 0 Å². The molecular weight excluding hydrogens is 336 g/mol. The van der Waals surface area contributed by atoms with Crippen molar-refractivity contribution in [2.24, 2.45) is 53.3 Å². The van der Waals surface area contributed by atoms with Crippen LogP contribution in [-0.4, -0.2) is 0 Å². The van der Waals surface area contributed by atoms with E-state index in [9.17, 15) is 0 Å². The fourth-order valence-electron chi connectivity index (χ4n) is 6.35. The van der Waals surface area contributed by atoms with Gasteiger partial charge in [0.05, 0.1) is 0 Å². The standard InChI is InChI=1S/C28H56/c1-10-24(11-2)17-21(7)22(8)27(16-20(5)6)15-14-25-18-28(19-25)23(9)26(12-3)13-4/h20-28H,10-19H2,1-9H3. The maximum atomic E-state index is 2.58. The van der Waals surface area contributed by atoms with Crippen LogP contribution in [0, 0.1) is 53.3 Å². The second-order valence-corrected chi connectivity index (χ2v) is 11.3. The summed E-state index contributed by atoms with van der Waals surface area (Å²) >= 11 is 0. The quantitative estimate of drug-likeness (QED) is 0.260. The molecule has 168 valence electrons. The normalized spacial score (nSPS) is 24.4. The summed E-state index contributed by atoms with van der Waals surface area (Å²) in [5.41, 5.74) is 0. The summed E-state index contributed by atoms with van der Waals surface area (Å²) in [6, 6.07) is 0. The maximum absolute atomic E-state index is 2.58. The van der Waals surface area contributed by atoms with Crippen molar-refractivity contribution in [1.29, 1.82) is 0 Å². The van der Waals surface area contributed by atoms with Gasteiger partial charge in [-0.1, -0.05) is 94.4 Å². The monoisotopic (exact) mass is 392 g/mol. The Bertz CT molecular complexity index is 369. The van der Waals surface area contributed by atoms with Gasteiger partial charge in [-0.25, -0.2) is 0 Å². The first-order valence-corrected chi connectivity index (χ1v) is 13.3. The molecule has 0 aliphatic heterocycles. The number of rotatable bonds is 15. The van der Waals surface area contributed by atoms with Gasteiger partial charge in [-0.3, -0.25) is 0 Å². The van der Waals surface area contributed by atoms with E-state index in [1.165, 1.54) is 64.2 Å². The molecule has 0 heterocycles. The third-order valence-electron chi connectivity index (χ3n) is 9.03. The predicted molar refractivity (Wildman–Crippen MR) is 129 cm³/mol. The Kier molecular flexibility index (Phi) is 12.4. The van der Waals surface area contributed by atoms with Crippen molar-refractivity contribution in [3.8, 4) is 0 Å². The fourth-order valence-corrected chi connectivity index (χ4v) is 6.35. The van der Waals surface area contributed by atoms with Gasteiger partial charge < -0.3 is 0 Å². The maximum Gasteiger partial charge on any atom is -0.0381 e. The lowest BCUT2D eigenvalue weighted by atomic mass is 9.63. The van der Waals surface area contributed by atoms with Crippen molar-refractivity contribution in [3.05, 3.63) is 0 Å². The molecule has 0 spiro atoms. The topological polar surface area (TPSA) is 0 Å². The van der Waals surface area contributed by atoms with Crippen LogP contribution in [-0.2, 0) is 0 Å². The molecule has 0 nitrogen and oxygen atoms in total. The molecule has 0 heteroatoms. The highest BCUT2D eigenvalue weighted by molar-refractivity contribution is 4.86. The minimum Gasteiger partial charge on any atom is -0.0651 e. The summed E-state index contributed by atoms with van der Waals surface area (Å²) < 4.78 is 0. The Morgan fingerprint density at radius 2 is 1.29 bits per heavy atom. The Morgan fingerprint density at radius 3 is 1.75 bits per heavy atom. The minimum atomic E-state index is 0.844. The van der Waals surface area contributed by atoms with E-state index in [1.807, 2.05) is 0 Å². The van der Waals surface area contributed by atoms with Gasteiger partial charge in [-0.2, -0.15) is 0 Å². The molecule has 1 aliphatic carbocycles. The largest absolute Gasteiger partial charge is 0.0651 e. The lowest BCUT2D eigenvalue weighted by Crippen LogP contribution is -2.33. The summed E-state index contributed by atoms with van der Waals surface area (Å²) in [5, 5.41) is 0. The lowest BCUT2D eigenvalue weighted by molar-refractivity contribution is 0.0757. The average molecular weight is 393 g/mol. The van der Waals surface area contributed by atoms with Crippen molar-refractivity contribution in [1.82, 2.24) is 0 Å². The second-order valence-electron chi connectivity index (χ2n) is 11.3. The molecule has 1 aliphatic rings. The van der Waals surface area contributed by atoms with Gasteiger partial charge in [-0.05, 0) is 85.4 Å². The SMILES string of the molecule is CCC(CC)CC(C)C(C)C(CCC1CC(C(C)C(CC)CC)C1)CC(C)C. The Labute approximate surface area is 180 Å². The first-order chi connectivity index (χ1) is 13.3. The van der Waals surface area contributed by atoms with Crippen molar-refractivity contribution in [2.45, 2.75) is 127 Å². The van der Waals surface area contributed by atoms with Gasteiger partial charge >= 0.3 is 0 Å². The Hall–Kier alpha value is 0. The molecule has 0 aromatic heterocycles. The first-order valence-electron chi connectivity index (χ1n) is 13.3. The fraction of sp³-hybridized carbons (Fsp3) is 1.00. The van der Waals surface area contributed by atoms with E-state index in [-0.39, 0.29) is 0 Å². The molecular formula is C28H56. The van der Waals surface area contributed by atoms with Gasteiger partial charge in [0, 0.05) is 0 Å². The molecule has 28 heavy (non-hydrogen) atoms. The van der Waals surface area contributed by atoms with Crippen LogP contribution in [0.1, 0.15) is 127 Å². The summed E-state index contributed by atoms with van der Waals surface area (Å²) in [6.07, 6.45) is 14.4. The van der Waals surface area contributed by atoms with Crippen molar-refractivity contribution >= 4 is 0 Å². The molecule has 0 amide bonds. The molecule has 0 N–H and O–H groups in total. The van der Waals surface area contributed by atoms with Gasteiger partial charge in [0.15, 0.2) is 0 Å². The van der Waals surface area contributed by atoms with E-state index in [4.69, 9.17) is 0 Å². The summed E-state index contributed by atoms with van der Waals surface area (Å²) in [5.74, 6) is 8.50. The highest BCUT2D eigenvalue weighted by atomic mass is 14.4. The van der Waals surface area contributed by atoms with Crippen molar-refractivity contribution in [2.75, 3.05) is 0 Å². The van der Waals surface area contributed by atoms with Crippen LogP contribution in [0.4, 0.5) is 0 Å². The van der Waals surface area contributed by atoms with Gasteiger partial charge in [-0.15, -0.1) is 0 Å². The molecule has 0 aromatic rings. The first kappa shape index (κ1) is 26.0. The van der Waals surface area contributed by atoms with Crippen LogP contribution in [0.3, 0.4) is 0 Å². The van der Waals surface area contributed by atoms with Crippen LogP contribution < -0.4 is 0 Å². The molecule has 1 rings (SSSR count). The zero-order chi connectivity index (χ0) is 21.3. The van der Waals surface area contributed by atoms with E-state index in [1.54, 1.807) is 0 Å². The minimum absolute atomic E-state index is 0.844. The summed E-state index contributed by atoms with van der Waals surface area (Å²) in [7, 11) is 0. The second kappa shape index (κ2) is 13.3. The van der Waals surface area contributed by atoms with E-state index in [0.29, 0.717) is 0 Å². The molecule has 1 fully saturated rings. The summed E-state index contributed by atoms with van der Waals surface area (Å²) in [6.45, 7) is 22.1. The van der Waals surface area contributed by atoms with Gasteiger partial charge in [0.1, 0.15) is 0 Å². The van der Waals surface area contributed by atoms with E-state index < -0.39 is 0 Å². The average Bonchev–Trinajstić information content (AvgIpc) is 2.63. The van der Waals surface area contributed by atoms with Gasteiger partial charge in [0.2, 0.25) is 0 Å². The van der Waals surface area contributed by atoms with E-state index >= 15 is 0 Å². The Balaban J connectivity index is 2.50. The molecule has 4 atom stereocenters. The predicted octanol–water partition coefficient (Wildman–Crippen LogP) is 9.63. The molecule has 0 radical (unpaired) electrons. The van der Waals surface area contributed by atoms with Crippen LogP contribution >= 0.6 is 0 Å². The third kappa shape index (κ3) is 8.02. The van der Waals surface area contributed by atoms with E-state index in [0.717, 1.165) is 53.3 Å². The highest BCUT2D eigenvalue weighted by Crippen LogP contribution is 2.46. The molecule has 0 saturated heterocycles. The number of hydrogen-bond donors (Lipinski definition) is 0. The Morgan fingerprint density at radius 1 is 0.714 bits per heavy atom. The van der Waals surface area contributed by atoms with Crippen LogP contribution in [0.25, 0.3) is 0 Å². The zero-order valence-electron chi connectivity index (χ0n) is 21.3.